The number of allylic oxidation sites excluding steroid dienone is 4. The molecule has 0 radical (unpaired) electrons. The maximum absolute atomic E-state index is 12.1. The highest BCUT2D eigenvalue weighted by Crippen LogP contribution is 2.16. The monoisotopic (exact) mass is 319 g/mol. The van der Waals surface area contributed by atoms with Crippen LogP contribution < -0.4 is 0 Å². The molecule has 0 aromatic carbocycles. The van der Waals surface area contributed by atoms with Crippen molar-refractivity contribution in [1.82, 2.24) is 4.31 Å². The first-order chi connectivity index (χ1) is 8.86. The molecule has 0 aromatic heterocycles. The lowest BCUT2D eigenvalue weighted by atomic mass is 10.0. The Morgan fingerprint density at radius 2 is 2.21 bits per heavy atom. The van der Waals surface area contributed by atoms with Crippen LogP contribution in [-0.4, -0.2) is 42.2 Å². The molecule has 0 aromatic rings. The molecule has 0 spiro atoms. The van der Waals surface area contributed by atoms with Gasteiger partial charge in [-0.1, -0.05) is 24.4 Å². The van der Waals surface area contributed by atoms with Crippen LogP contribution >= 0.6 is 24.8 Å². The highest BCUT2D eigenvalue weighted by Gasteiger charge is 2.21. The lowest BCUT2D eigenvalue weighted by Crippen LogP contribution is -2.37. The van der Waals surface area contributed by atoms with Gasteiger partial charge in [-0.25, -0.2) is 12.7 Å². The predicted octanol–water partition coefficient (Wildman–Crippen LogP) is 2.60. The van der Waals surface area contributed by atoms with Gasteiger partial charge in [0.15, 0.2) is 0 Å². The molecule has 19 heavy (non-hydrogen) atoms. The van der Waals surface area contributed by atoms with E-state index in [0.29, 0.717) is 12.2 Å². The van der Waals surface area contributed by atoms with Crippen molar-refractivity contribution in [2.45, 2.75) is 32.2 Å². The Hall–Kier alpha value is -0.170. The van der Waals surface area contributed by atoms with E-state index in [4.69, 9.17) is 12.2 Å². The molecule has 108 valence electrons. The standard InChI is InChI=1S/C13H21NO2S3/c1-11(10-17)14(2)19(15,16)8-4-6-12-5-3-7-13(18)9-12/h3,5,9,11,17H,4,6-8,10H2,1-2H3/t11-/m1/s1. The average Bonchev–Trinajstić information content (AvgIpc) is 2.36. The van der Waals surface area contributed by atoms with Gasteiger partial charge in [0.1, 0.15) is 0 Å². The molecule has 0 saturated heterocycles. The van der Waals surface area contributed by atoms with Gasteiger partial charge in [-0.05, 0) is 31.4 Å². The molecule has 0 N–H and O–H groups in total. The Morgan fingerprint density at radius 1 is 1.53 bits per heavy atom. The fourth-order valence-corrected chi connectivity index (χ4v) is 3.81. The Labute approximate surface area is 127 Å². The van der Waals surface area contributed by atoms with E-state index in [-0.39, 0.29) is 11.8 Å². The molecular formula is C13H21NO2S3. The van der Waals surface area contributed by atoms with Crippen molar-refractivity contribution >= 4 is 39.7 Å². The number of hydrogen-bond donors (Lipinski definition) is 1. The van der Waals surface area contributed by atoms with Crippen molar-refractivity contribution < 1.29 is 8.42 Å². The summed E-state index contributed by atoms with van der Waals surface area (Å²) in [5, 5.41) is 0. The molecule has 0 bridgehead atoms. The van der Waals surface area contributed by atoms with Crippen LogP contribution in [0.5, 0.6) is 0 Å². The maximum atomic E-state index is 12.1. The molecule has 1 atom stereocenters. The second kappa shape index (κ2) is 7.57. The first kappa shape index (κ1) is 16.9. The number of thiocarbonyl (C=S) groups is 1. The van der Waals surface area contributed by atoms with Crippen molar-refractivity contribution in [2.75, 3.05) is 18.6 Å². The summed E-state index contributed by atoms with van der Waals surface area (Å²) >= 11 is 9.27. The molecule has 0 unspecified atom stereocenters. The van der Waals surface area contributed by atoms with Gasteiger partial charge in [0.2, 0.25) is 10.0 Å². The van der Waals surface area contributed by atoms with Gasteiger partial charge >= 0.3 is 0 Å². The van der Waals surface area contributed by atoms with Gasteiger partial charge in [0.05, 0.1) is 5.75 Å². The van der Waals surface area contributed by atoms with E-state index in [9.17, 15) is 8.42 Å². The Balaban J connectivity index is 2.48. The summed E-state index contributed by atoms with van der Waals surface area (Å²) in [6.45, 7) is 1.86. The third-order valence-corrected chi connectivity index (χ3v) is 6.04. The number of thiol groups is 1. The summed E-state index contributed by atoms with van der Waals surface area (Å²) in [6.07, 6.45) is 8.22. The van der Waals surface area contributed by atoms with E-state index in [2.05, 4.69) is 12.6 Å². The quantitative estimate of drug-likeness (QED) is 0.579. The summed E-state index contributed by atoms with van der Waals surface area (Å²) < 4.78 is 25.5. The SMILES string of the molecule is C[C@H](CS)N(C)S(=O)(=O)CCCC1=CC(=S)CC=C1. The number of sulfonamides is 1. The first-order valence-corrected chi connectivity index (χ1v) is 8.98. The summed E-state index contributed by atoms with van der Waals surface area (Å²) in [5.41, 5.74) is 1.12. The topological polar surface area (TPSA) is 37.4 Å². The molecule has 0 saturated carbocycles. The molecule has 6 heteroatoms. The minimum absolute atomic E-state index is 0.0743. The summed E-state index contributed by atoms with van der Waals surface area (Å²) in [6, 6.07) is -0.0743. The molecular weight excluding hydrogens is 298 g/mol. The second-order valence-electron chi connectivity index (χ2n) is 4.76. The van der Waals surface area contributed by atoms with Gasteiger partial charge in [0.25, 0.3) is 0 Å². The molecule has 0 aliphatic heterocycles. The van der Waals surface area contributed by atoms with Gasteiger partial charge in [-0.3, -0.25) is 0 Å². The normalized spacial score (nSPS) is 17.7. The van der Waals surface area contributed by atoms with Crippen LogP contribution in [0.1, 0.15) is 26.2 Å². The van der Waals surface area contributed by atoms with Gasteiger partial charge in [-0.2, -0.15) is 12.6 Å². The second-order valence-corrected chi connectivity index (χ2v) is 7.80. The molecule has 1 rings (SSSR count). The first-order valence-electron chi connectivity index (χ1n) is 6.33. The highest BCUT2D eigenvalue weighted by atomic mass is 32.2. The van der Waals surface area contributed by atoms with Gasteiger partial charge < -0.3 is 0 Å². The largest absolute Gasteiger partial charge is 0.214 e. The van der Waals surface area contributed by atoms with E-state index in [1.165, 1.54) is 4.31 Å². The van der Waals surface area contributed by atoms with Crippen LogP contribution in [0, 0.1) is 0 Å². The van der Waals surface area contributed by atoms with Crippen LogP contribution in [-0.2, 0) is 10.0 Å². The van der Waals surface area contributed by atoms with Crippen LogP contribution in [0.25, 0.3) is 0 Å². The molecule has 0 heterocycles. The van der Waals surface area contributed by atoms with E-state index in [1.807, 2.05) is 25.2 Å². The van der Waals surface area contributed by atoms with Crippen molar-refractivity contribution in [3.05, 3.63) is 23.8 Å². The Kier molecular flexibility index (Phi) is 6.73. The van der Waals surface area contributed by atoms with Crippen LogP contribution in [0.4, 0.5) is 0 Å². The van der Waals surface area contributed by atoms with Crippen molar-refractivity contribution in [3.8, 4) is 0 Å². The third kappa shape index (κ3) is 5.38. The summed E-state index contributed by atoms with van der Waals surface area (Å²) in [4.78, 5) is 0.918. The van der Waals surface area contributed by atoms with Crippen LogP contribution in [0.3, 0.4) is 0 Å². The zero-order valence-electron chi connectivity index (χ0n) is 11.4. The molecule has 1 aliphatic rings. The van der Waals surface area contributed by atoms with Crippen molar-refractivity contribution in [1.29, 1.82) is 0 Å². The Morgan fingerprint density at radius 3 is 2.79 bits per heavy atom. The summed E-state index contributed by atoms with van der Waals surface area (Å²) in [5.74, 6) is 0.692. The molecule has 0 fully saturated rings. The van der Waals surface area contributed by atoms with Crippen LogP contribution in [0.15, 0.2) is 23.8 Å². The minimum atomic E-state index is -3.19. The zero-order chi connectivity index (χ0) is 14.5. The lowest BCUT2D eigenvalue weighted by Gasteiger charge is -2.22. The minimum Gasteiger partial charge on any atom is -0.212 e. The fourth-order valence-electron chi connectivity index (χ4n) is 1.79. The summed E-state index contributed by atoms with van der Waals surface area (Å²) in [7, 11) is -1.57. The number of hydrogen-bond acceptors (Lipinski definition) is 4. The third-order valence-electron chi connectivity index (χ3n) is 3.19. The maximum Gasteiger partial charge on any atom is 0.214 e. The van der Waals surface area contributed by atoms with E-state index >= 15 is 0 Å². The smallest absolute Gasteiger partial charge is 0.212 e. The fraction of sp³-hybridized carbons (Fsp3) is 0.615. The number of nitrogens with zero attached hydrogens (tertiary/aromatic N) is 1. The van der Waals surface area contributed by atoms with Gasteiger partial charge in [-0.15, -0.1) is 0 Å². The molecule has 1 aliphatic carbocycles. The van der Waals surface area contributed by atoms with E-state index in [0.717, 1.165) is 23.3 Å². The number of rotatable bonds is 7. The predicted molar refractivity (Wildman–Crippen MR) is 88.5 cm³/mol. The molecule has 3 nitrogen and oxygen atoms in total. The zero-order valence-corrected chi connectivity index (χ0v) is 13.9. The van der Waals surface area contributed by atoms with Gasteiger partial charge in [0, 0.05) is 30.1 Å². The lowest BCUT2D eigenvalue weighted by molar-refractivity contribution is 0.414. The van der Waals surface area contributed by atoms with Crippen molar-refractivity contribution in [3.63, 3.8) is 0 Å². The Bertz CT molecular complexity index is 480. The highest BCUT2D eigenvalue weighted by molar-refractivity contribution is 7.89. The average molecular weight is 320 g/mol. The van der Waals surface area contributed by atoms with E-state index in [1.54, 1.807) is 7.05 Å². The van der Waals surface area contributed by atoms with E-state index < -0.39 is 10.0 Å². The molecule has 0 amide bonds. The van der Waals surface area contributed by atoms with Crippen LogP contribution in [0.2, 0.25) is 0 Å². The van der Waals surface area contributed by atoms with Crippen molar-refractivity contribution in [2.24, 2.45) is 0 Å².